The summed E-state index contributed by atoms with van der Waals surface area (Å²) in [6.07, 6.45) is 0. The van der Waals surface area contributed by atoms with Crippen molar-refractivity contribution in [3.05, 3.63) is 83.4 Å². The van der Waals surface area contributed by atoms with Crippen molar-refractivity contribution in [3.63, 3.8) is 0 Å². The summed E-state index contributed by atoms with van der Waals surface area (Å²) in [6.45, 7) is 7.73. The van der Waals surface area contributed by atoms with E-state index in [1.165, 1.54) is 18.2 Å². The molecular formula is C27H32N2O5S. The standard InChI is InChI=1S/C27H32N2O5S/c1-5-34-25-16-21(28-27(31)24(17-30)20-9-7-6-8-10-20)13-14-26(25)35(32,33)29-22-12-11-19(4)23(15-22)18(2)3/h6-16,18,24,29-30H,5,17H2,1-4H3,(H,28,31)/t24-/m0/s1. The van der Waals surface area contributed by atoms with Crippen LogP contribution in [-0.2, 0) is 14.8 Å². The molecule has 35 heavy (non-hydrogen) atoms. The Balaban J connectivity index is 1.87. The van der Waals surface area contributed by atoms with Gasteiger partial charge in [-0.3, -0.25) is 9.52 Å². The summed E-state index contributed by atoms with van der Waals surface area (Å²) in [6, 6.07) is 18.8. The molecule has 3 rings (SSSR count). The molecule has 3 aromatic carbocycles. The van der Waals surface area contributed by atoms with E-state index in [0.717, 1.165) is 11.1 Å². The molecule has 0 aromatic heterocycles. The highest BCUT2D eigenvalue weighted by atomic mass is 32.2. The smallest absolute Gasteiger partial charge is 0.265 e. The third-order valence-corrected chi connectivity index (χ3v) is 7.08. The average Bonchev–Trinajstić information content (AvgIpc) is 2.81. The maximum atomic E-state index is 13.2. The van der Waals surface area contributed by atoms with Crippen molar-refractivity contribution in [1.82, 2.24) is 0 Å². The van der Waals surface area contributed by atoms with Gasteiger partial charge in [-0.25, -0.2) is 8.42 Å². The number of carbonyl (C=O) groups excluding carboxylic acids is 1. The second kappa shape index (κ2) is 11.4. The maximum absolute atomic E-state index is 13.2. The van der Waals surface area contributed by atoms with Crippen LogP contribution in [-0.4, -0.2) is 32.6 Å². The first-order chi connectivity index (χ1) is 16.7. The predicted octanol–water partition coefficient (Wildman–Crippen LogP) is 5.03. The number of aliphatic hydroxyl groups excluding tert-OH is 1. The molecule has 186 valence electrons. The minimum absolute atomic E-state index is 0.0363. The third kappa shape index (κ3) is 6.41. The highest BCUT2D eigenvalue weighted by Crippen LogP contribution is 2.31. The molecule has 0 unspecified atom stereocenters. The van der Waals surface area contributed by atoms with Gasteiger partial charge in [0.1, 0.15) is 10.6 Å². The zero-order chi connectivity index (χ0) is 25.6. The van der Waals surface area contributed by atoms with Crippen LogP contribution < -0.4 is 14.8 Å². The van der Waals surface area contributed by atoms with E-state index in [0.29, 0.717) is 16.9 Å². The molecule has 0 aliphatic heterocycles. The summed E-state index contributed by atoms with van der Waals surface area (Å²) in [5.41, 5.74) is 3.66. The molecule has 0 heterocycles. The highest BCUT2D eigenvalue weighted by Gasteiger charge is 2.23. The molecule has 1 amide bonds. The van der Waals surface area contributed by atoms with E-state index in [9.17, 15) is 18.3 Å². The SMILES string of the molecule is CCOc1cc(NC(=O)[C@@H](CO)c2ccccc2)ccc1S(=O)(=O)Nc1ccc(C)c(C(C)C)c1. The number of nitrogens with one attached hydrogen (secondary N) is 2. The molecule has 3 aromatic rings. The molecule has 1 atom stereocenters. The highest BCUT2D eigenvalue weighted by molar-refractivity contribution is 7.92. The molecule has 8 heteroatoms. The van der Waals surface area contributed by atoms with E-state index in [-0.39, 0.29) is 29.8 Å². The van der Waals surface area contributed by atoms with Crippen molar-refractivity contribution in [2.45, 2.75) is 44.4 Å². The molecule has 0 fully saturated rings. The number of amides is 1. The van der Waals surface area contributed by atoms with Crippen LogP contribution in [0.5, 0.6) is 5.75 Å². The van der Waals surface area contributed by atoms with Crippen molar-refractivity contribution in [1.29, 1.82) is 0 Å². The molecule has 0 aliphatic rings. The normalized spacial score (nSPS) is 12.3. The number of rotatable bonds is 10. The van der Waals surface area contributed by atoms with Crippen molar-refractivity contribution in [2.24, 2.45) is 0 Å². The number of aryl methyl sites for hydroxylation is 1. The molecule has 0 bridgehead atoms. The van der Waals surface area contributed by atoms with Gasteiger partial charge >= 0.3 is 0 Å². The van der Waals surface area contributed by atoms with Crippen LogP contribution in [0.15, 0.2) is 71.6 Å². The first-order valence-electron chi connectivity index (χ1n) is 11.5. The summed E-state index contributed by atoms with van der Waals surface area (Å²) in [7, 11) is -3.96. The molecule has 0 saturated heterocycles. The Labute approximate surface area is 207 Å². The fraction of sp³-hybridized carbons (Fsp3) is 0.296. The van der Waals surface area contributed by atoms with Gasteiger partial charge in [0, 0.05) is 17.4 Å². The minimum atomic E-state index is -3.96. The van der Waals surface area contributed by atoms with Gasteiger partial charge < -0.3 is 15.2 Å². The number of aliphatic hydroxyl groups is 1. The molecular weight excluding hydrogens is 464 g/mol. The number of anilines is 2. The van der Waals surface area contributed by atoms with Gasteiger partial charge in [0.2, 0.25) is 5.91 Å². The van der Waals surface area contributed by atoms with Gasteiger partial charge in [-0.2, -0.15) is 0 Å². The van der Waals surface area contributed by atoms with Gasteiger partial charge in [0.15, 0.2) is 0 Å². The molecule has 0 aliphatic carbocycles. The fourth-order valence-electron chi connectivity index (χ4n) is 3.87. The summed E-state index contributed by atoms with van der Waals surface area (Å²) in [4.78, 5) is 12.8. The minimum Gasteiger partial charge on any atom is -0.492 e. The van der Waals surface area contributed by atoms with Crippen molar-refractivity contribution >= 4 is 27.3 Å². The van der Waals surface area contributed by atoms with Gasteiger partial charge in [0.25, 0.3) is 10.0 Å². The summed E-state index contributed by atoms with van der Waals surface area (Å²) in [5.74, 6) is -0.793. The monoisotopic (exact) mass is 496 g/mol. The molecule has 0 spiro atoms. The van der Waals surface area contributed by atoms with Crippen LogP contribution in [0.1, 0.15) is 49.3 Å². The van der Waals surface area contributed by atoms with Gasteiger partial charge in [-0.1, -0.05) is 50.2 Å². The number of carbonyl (C=O) groups is 1. The summed E-state index contributed by atoms with van der Waals surface area (Å²) >= 11 is 0. The van der Waals surface area contributed by atoms with Crippen LogP contribution in [0, 0.1) is 6.92 Å². The van der Waals surface area contributed by atoms with Crippen LogP contribution in [0.25, 0.3) is 0 Å². The van der Waals surface area contributed by atoms with Gasteiger partial charge in [-0.05, 0) is 60.7 Å². The summed E-state index contributed by atoms with van der Waals surface area (Å²) < 4.78 is 34.7. The van der Waals surface area contributed by atoms with Crippen LogP contribution >= 0.6 is 0 Å². The van der Waals surface area contributed by atoms with E-state index < -0.39 is 21.8 Å². The Morgan fingerprint density at radius 3 is 2.31 bits per heavy atom. The van der Waals surface area contributed by atoms with E-state index in [4.69, 9.17) is 4.74 Å². The van der Waals surface area contributed by atoms with Gasteiger partial charge in [0.05, 0.1) is 19.1 Å². The van der Waals surface area contributed by atoms with E-state index in [1.807, 2.05) is 25.1 Å². The van der Waals surface area contributed by atoms with Crippen LogP contribution in [0.4, 0.5) is 11.4 Å². The van der Waals surface area contributed by atoms with Crippen molar-refractivity contribution < 1.29 is 23.1 Å². The Bertz CT molecular complexity index is 1270. The van der Waals surface area contributed by atoms with Crippen molar-refractivity contribution in [3.8, 4) is 5.75 Å². The Hall–Kier alpha value is -3.36. The third-order valence-electron chi connectivity index (χ3n) is 5.66. The topological polar surface area (TPSA) is 105 Å². The summed E-state index contributed by atoms with van der Waals surface area (Å²) in [5, 5.41) is 12.5. The van der Waals surface area contributed by atoms with Crippen molar-refractivity contribution in [2.75, 3.05) is 23.3 Å². The number of ether oxygens (including phenoxy) is 1. The number of benzene rings is 3. The lowest BCUT2D eigenvalue weighted by atomic mass is 9.98. The Kier molecular flexibility index (Phi) is 8.53. The molecule has 3 N–H and O–H groups in total. The zero-order valence-electron chi connectivity index (χ0n) is 20.4. The first-order valence-corrected chi connectivity index (χ1v) is 13.0. The lowest BCUT2D eigenvalue weighted by Crippen LogP contribution is -2.24. The molecule has 0 radical (unpaired) electrons. The maximum Gasteiger partial charge on any atom is 0.265 e. The molecule has 7 nitrogen and oxygen atoms in total. The van der Waals surface area contributed by atoms with Crippen LogP contribution in [0.2, 0.25) is 0 Å². The predicted molar refractivity (Wildman–Crippen MR) is 139 cm³/mol. The Morgan fingerprint density at radius 1 is 1.00 bits per heavy atom. The second-order valence-corrected chi connectivity index (χ2v) is 10.2. The number of hydrogen-bond donors (Lipinski definition) is 3. The fourth-order valence-corrected chi connectivity index (χ4v) is 5.04. The van der Waals surface area contributed by atoms with E-state index >= 15 is 0 Å². The lowest BCUT2D eigenvalue weighted by Gasteiger charge is -2.18. The second-order valence-electron chi connectivity index (χ2n) is 8.56. The Morgan fingerprint density at radius 2 is 1.69 bits per heavy atom. The quantitative estimate of drug-likeness (QED) is 0.365. The van der Waals surface area contributed by atoms with E-state index in [2.05, 4.69) is 23.9 Å². The zero-order valence-corrected chi connectivity index (χ0v) is 21.2. The largest absolute Gasteiger partial charge is 0.492 e. The van der Waals surface area contributed by atoms with Gasteiger partial charge in [-0.15, -0.1) is 0 Å². The number of hydrogen-bond acceptors (Lipinski definition) is 5. The van der Waals surface area contributed by atoms with Crippen LogP contribution in [0.3, 0.4) is 0 Å². The first kappa shape index (κ1) is 26.2. The average molecular weight is 497 g/mol. The number of sulfonamides is 1. The van der Waals surface area contributed by atoms with E-state index in [1.54, 1.807) is 37.3 Å². The molecule has 0 saturated carbocycles. The lowest BCUT2D eigenvalue weighted by molar-refractivity contribution is -0.118.